The summed E-state index contributed by atoms with van der Waals surface area (Å²) in [5.74, 6) is 1.60. The molecule has 204 valence electrons. The van der Waals surface area contributed by atoms with Crippen LogP contribution in [0.25, 0.3) is 0 Å². The van der Waals surface area contributed by atoms with Gasteiger partial charge in [-0.15, -0.1) is 6.42 Å². The first-order valence-electron chi connectivity index (χ1n) is 12.7. The highest BCUT2D eigenvalue weighted by atomic mass is 16.6. The number of aliphatic hydroxyl groups excluding tert-OH is 1. The van der Waals surface area contributed by atoms with Crippen molar-refractivity contribution in [3.8, 4) is 12.3 Å². The Morgan fingerprint density at radius 1 is 1.08 bits per heavy atom. The second kappa shape index (κ2) is 13.6. The third-order valence-corrected chi connectivity index (χ3v) is 5.69. The van der Waals surface area contributed by atoms with Crippen LogP contribution in [0, 0.1) is 25.2 Å². The van der Waals surface area contributed by atoms with Gasteiger partial charge in [0, 0.05) is 17.8 Å². The summed E-state index contributed by atoms with van der Waals surface area (Å²) in [6, 6.07) is 12.0. The molecule has 2 atom stereocenters. The number of carbonyl (C=O) groups is 3. The second-order valence-corrected chi connectivity index (χ2v) is 10.5. The molecular formula is C30H39N3O5. The lowest BCUT2D eigenvalue weighted by Crippen LogP contribution is -2.53. The van der Waals surface area contributed by atoms with E-state index in [1.165, 1.54) is 4.90 Å². The first-order chi connectivity index (χ1) is 17.9. The molecule has 8 nitrogen and oxygen atoms in total. The molecule has 0 aromatic heterocycles. The van der Waals surface area contributed by atoms with Gasteiger partial charge >= 0.3 is 6.09 Å². The van der Waals surface area contributed by atoms with Crippen LogP contribution in [-0.2, 0) is 14.3 Å². The Labute approximate surface area is 225 Å². The number of rotatable bonds is 10. The van der Waals surface area contributed by atoms with Crippen molar-refractivity contribution >= 4 is 23.6 Å². The van der Waals surface area contributed by atoms with Gasteiger partial charge in [-0.3, -0.25) is 9.59 Å². The van der Waals surface area contributed by atoms with Gasteiger partial charge in [-0.1, -0.05) is 56.2 Å². The molecule has 3 amide bonds. The third kappa shape index (κ3) is 8.63. The molecule has 0 bridgehead atoms. The van der Waals surface area contributed by atoms with E-state index in [4.69, 9.17) is 11.2 Å². The van der Waals surface area contributed by atoms with Gasteiger partial charge in [-0.2, -0.15) is 0 Å². The molecule has 2 aromatic carbocycles. The number of benzene rings is 2. The van der Waals surface area contributed by atoms with Crippen LogP contribution < -0.4 is 10.6 Å². The van der Waals surface area contributed by atoms with E-state index in [1.54, 1.807) is 57.2 Å². The molecule has 0 saturated carbocycles. The molecule has 38 heavy (non-hydrogen) atoms. The fourth-order valence-corrected chi connectivity index (χ4v) is 4.05. The number of anilines is 1. The molecule has 8 heteroatoms. The van der Waals surface area contributed by atoms with Crippen molar-refractivity contribution < 1.29 is 24.2 Å². The zero-order valence-corrected chi connectivity index (χ0v) is 23.1. The number of terminal acetylenes is 1. The normalized spacial score (nSPS) is 12.7. The van der Waals surface area contributed by atoms with Gasteiger partial charge in [0.05, 0.1) is 6.61 Å². The van der Waals surface area contributed by atoms with Gasteiger partial charge in [0.15, 0.2) is 0 Å². The van der Waals surface area contributed by atoms with E-state index in [0.717, 1.165) is 5.56 Å². The molecule has 0 aliphatic rings. The van der Waals surface area contributed by atoms with E-state index in [0.29, 0.717) is 23.2 Å². The number of nitrogens with one attached hydrogen (secondary N) is 2. The summed E-state index contributed by atoms with van der Waals surface area (Å²) in [4.78, 5) is 41.8. The van der Waals surface area contributed by atoms with Crippen LogP contribution in [0.2, 0.25) is 0 Å². The summed E-state index contributed by atoms with van der Waals surface area (Å²) >= 11 is 0. The van der Waals surface area contributed by atoms with Crippen molar-refractivity contribution in [1.29, 1.82) is 0 Å². The maximum absolute atomic E-state index is 14.0. The first kappa shape index (κ1) is 30.4. The number of aliphatic hydroxyl groups is 1. The monoisotopic (exact) mass is 521 g/mol. The van der Waals surface area contributed by atoms with E-state index < -0.39 is 42.2 Å². The van der Waals surface area contributed by atoms with Gasteiger partial charge in [-0.05, 0) is 63.3 Å². The van der Waals surface area contributed by atoms with Crippen LogP contribution in [0.4, 0.5) is 10.5 Å². The summed E-state index contributed by atoms with van der Waals surface area (Å²) in [5, 5.41) is 15.5. The Bertz CT molecular complexity index is 1160. The van der Waals surface area contributed by atoms with Gasteiger partial charge in [0.2, 0.25) is 5.91 Å². The van der Waals surface area contributed by atoms with Crippen LogP contribution in [0.15, 0.2) is 48.5 Å². The van der Waals surface area contributed by atoms with Crippen molar-refractivity contribution in [2.24, 2.45) is 5.92 Å². The smallest absolute Gasteiger partial charge is 0.408 e. The number of alkyl carbamates (subject to hydrolysis) is 1. The zero-order chi connectivity index (χ0) is 28.5. The van der Waals surface area contributed by atoms with Gasteiger partial charge in [0.25, 0.3) is 5.91 Å². The van der Waals surface area contributed by atoms with Crippen molar-refractivity contribution in [1.82, 2.24) is 10.2 Å². The van der Waals surface area contributed by atoms with Gasteiger partial charge in [-0.25, -0.2) is 4.79 Å². The topological polar surface area (TPSA) is 108 Å². The average Bonchev–Trinajstić information content (AvgIpc) is 2.83. The minimum Gasteiger partial charge on any atom is -0.444 e. The van der Waals surface area contributed by atoms with Gasteiger partial charge in [0.1, 0.15) is 17.7 Å². The highest BCUT2D eigenvalue weighted by molar-refractivity contribution is 5.99. The maximum atomic E-state index is 14.0. The van der Waals surface area contributed by atoms with E-state index >= 15 is 0 Å². The summed E-state index contributed by atoms with van der Waals surface area (Å²) in [6.45, 7) is 10.3. The van der Waals surface area contributed by atoms with E-state index in [9.17, 15) is 19.5 Å². The predicted octanol–water partition coefficient (Wildman–Crippen LogP) is 4.42. The average molecular weight is 522 g/mol. The summed E-state index contributed by atoms with van der Waals surface area (Å²) in [5.41, 5.74) is 1.54. The van der Waals surface area contributed by atoms with Crippen molar-refractivity contribution in [3.05, 3.63) is 65.2 Å². The molecule has 0 aliphatic carbocycles. The minimum atomic E-state index is -1.17. The molecule has 0 spiro atoms. The minimum absolute atomic E-state index is 0.0344. The number of hydrogen-bond donors (Lipinski definition) is 3. The standard InChI is InChI=1S/C30H39N3O5/c1-8-22-14-10-11-15-23(22)26(27(35)31-24-16-12-9-13-21(24)4)33(17-18-34)28(36)25(19-20(2)3)32-29(37)38-30(5,6)7/h1,9-16,20,25-26,34H,17-19H2,2-7H3,(H,31,35)(H,32,37). The van der Waals surface area contributed by atoms with Crippen molar-refractivity contribution in [2.75, 3.05) is 18.5 Å². The molecule has 0 radical (unpaired) electrons. The lowest BCUT2D eigenvalue weighted by Gasteiger charge is -2.35. The molecule has 0 fully saturated rings. The van der Waals surface area contributed by atoms with Crippen molar-refractivity contribution in [2.45, 2.75) is 65.6 Å². The molecule has 0 saturated heterocycles. The van der Waals surface area contributed by atoms with Crippen LogP contribution in [0.3, 0.4) is 0 Å². The Balaban J connectivity index is 2.57. The Morgan fingerprint density at radius 3 is 2.29 bits per heavy atom. The first-order valence-corrected chi connectivity index (χ1v) is 12.7. The zero-order valence-electron chi connectivity index (χ0n) is 23.1. The fraction of sp³-hybridized carbons (Fsp3) is 0.433. The number of aryl methyl sites for hydroxylation is 1. The van der Waals surface area contributed by atoms with Crippen LogP contribution in [0.5, 0.6) is 0 Å². The molecule has 2 aromatic rings. The third-order valence-electron chi connectivity index (χ3n) is 5.69. The fourth-order valence-electron chi connectivity index (χ4n) is 4.05. The van der Waals surface area contributed by atoms with E-state index in [2.05, 4.69) is 16.6 Å². The Hall–Kier alpha value is -3.83. The maximum Gasteiger partial charge on any atom is 0.408 e. The SMILES string of the molecule is C#Cc1ccccc1C(C(=O)Nc1ccccc1C)N(CCO)C(=O)C(CC(C)C)NC(=O)OC(C)(C)C. The summed E-state index contributed by atoms with van der Waals surface area (Å²) in [7, 11) is 0. The summed E-state index contributed by atoms with van der Waals surface area (Å²) in [6.07, 6.45) is 5.31. The van der Waals surface area contributed by atoms with E-state index in [-0.39, 0.29) is 12.5 Å². The molecule has 2 rings (SSSR count). The molecule has 2 unspecified atom stereocenters. The van der Waals surface area contributed by atoms with Gasteiger partial charge < -0.3 is 25.4 Å². The number of hydrogen-bond acceptors (Lipinski definition) is 5. The predicted molar refractivity (Wildman–Crippen MR) is 148 cm³/mol. The van der Waals surface area contributed by atoms with E-state index in [1.807, 2.05) is 32.9 Å². The Morgan fingerprint density at radius 2 is 1.71 bits per heavy atom. The summed E-state index contributed by atoms with van der Waals surface area (Å²) < 4.78 is 5.38. The van der Waals surface area contributed by atoms with Crippen LogP contribution in [0.1, 0.15) is 63.8 Å². The second-order valence-electron chi connectivity index (χ2n) is 10.5. The number of amides is 3. The Kier molecular flexibility index (Phi) is 10.9. The van der Waals surface area contributed by atoms with Crippen molar-refractivity contribution in [3.63, 3.8) is 0 Å². The number of para-hydroxylation sites is 1. The molecule has 0 heterocycles. The number of nitrogens with zero attached hydrogens (tertiary/aromatic N) is 1. The van der Waals surface area contributed by atoms with Crippen LogP contribution in [-0.4, -0.2) is 52.7 Å². The lowest BCUT2D eigenvalue weighted by molar-refractivity contribution is -0.141. The number of ether oxygens (including phenoxy) is 1. The highest BCUT2D eigenvalue weighted by Gasteiger charge is 2.37. The molecule has 0 aliphatic heterocycles. The number of carbonyl (C=O) groups excluding carboxylic acids is 3. The molecular weight excluding hydrogens is 482 g/mol. The van der Waals surface area contributed by atoms with Crippen LogP contribution >= 0.6 is 0 Å². The quantitative estimate of drug-likeness (QED) is 0.401. The molecule has 3 N–H and O–H groups in total. The largest absolute Gasteiger partial charge is 0.444 e. The highest BCUT2D eigenvalue weighted by Crippen LogP contribution is 2.28. The lowest BCUT2D eigenvalue weighted by atomic mass is 9.96.